The van der Waals surface area contributed by atoms with Crippen LogP contribution in [0.3, 0.4) is 0 Å². The Balaban J connectivity index is 2.23. The van der Waals surface area contributed by atoms with Crippen molar-refractivity contribution in [3.05, 3.63) is 65.9 Å². The fourth-order valence-corrected chi connectivity index (χ4v) is 2.64. The third kappa shape index (κ3) is 3.13. The quantitative estimate of drug-likeness (QED) is 0.709. The van der Waals surface area contributed by atoms with E-state index in [1.165, 1.54) is 0 Å². The summed E-state index contributed by atoms with van der Waals surface area (Å²) in [7, 11) is 0. The van der Waals surface area contributed by atoms with Crippen molar-refractivity contribution in [1.82, 2.24) is 4.98 Å². The predicted octanol–water partition coefficient (Wildman–Crippen LogP) is 4.75. The van der Waals surface area contributed by atoms with E-state index in [0.717, 1.165) is 34.9 Å². The molecule has 3 rings (SSSR count). The Labute approximate surface area is 141 Å². The van der Waals surface area contributed by atoms with E-state index in [4.69, 9.17) is 0 Å². The minimum absolute atomic E-state index is 0.246. The van der Waals surface area contributed by atoms with Crippen molar-refractivity contribution >= 4 is 16.9 Å². The first-order valence-electron chi connectivity index (χ1n) is 7.91. The lowest BCUT2D eigenvalue weighted by molar-refractivity contribution is 0.0697. The standard InChI is InChI=1S/C21H17NO2/c1-2-3-4-8-15-10-7-11-18(21(23)24)20(15)17-13-16-9-5-6-12-19(16)22-14-17/h5-7,9-14H,2-3H2,1H3,(H,23,24). The van der Waals surface area contributed by atoms with Gasteiger partial charge >= 0.3 is 5.97 Å². The van der Waals surface area contributed by atoms with E-state index in [-0.39, 0.29) is 5.56 Å². The maximum absolute atomic E-state index is 11.7. The molecule has 1 aromatic heterocycles. The van der Waals surface area contributed by atoms with Crippen LogP contribution in [0.15, 0.2) is 54.7 Å². The number of hydrogen-bond donors (Lipinski definition) is 1. The average molecular weight is 315 g/mol. The van der Waals surface area contributed by atoms with Crippen molar-refractivity contribution in [2.45, 2.75) is 19.8 Å². The summed E-state index contributed by atoms with van der Waals surface area (Å²) in [6, 6.07) is 15.0. The maximum Gasteiger partial charge on any atom is 0.336 e. The Bertz CT molecular complexity index is 964. The van der Waals surface area contributed by atoms with Gasteiger partial charge in [0.25, 0.3) is 0 Å². The molecule has 0 unspecified atom stereocenters. The number of fused-ring (bicyclic) bond motifs is 1. The molecule has 0 aliphatic heterocycles. The van der Waals surface area contributed by atoms with Gasteiger partial charge < -0.3 is 5.11 Å². The van der Waals surface area contributed by atoms with E-state index in [9.17, 15) is 9.90 Å². The molecule has 0 radical (unpaired) electrons. The van der Waals surface area contributed by atoms with Crippen molar-refractivity contribution in [3.63, 3.8) is 0 Å². The molecule has 1 heterocycles. The second-order valence-corrected chi connectivity index (χ2v) is 5.50. The summed E-state index contributed by atoms with van der Waals surface area (Å²) in [6.45, 7) is 2.07. The Morgan fingerprint density at radius 3 is 2.79 bits per heavy atom. The fraction of sp³-hybridized carbons (Fsp3) is 0.143. The molecule has 3 aromatic rings. The fourth-order valence-electron chi connectivity index (χ4n) is 2.64. The van der Waals surface area contributed by atoms with Crippen molar-refractivity contribution < 1.29 is 9.90 Å². The lowest BCUT2D eigenvalue weighted by Gasteiger charge is -2.10. The maximum atomic E-state index is 11.7. The number of unbranched alkanes of at least 4 members (excludes halogenated alkanes) is 1. The Morgan fingerprint density at radius 1 is 1.17 bits per heavy atom. The molecule has 1 N–H and O–H groups in total. The highest BCUT2D eigenvalue weighted by Crippen LogP contribution is 2.29. The number of carbonyl (C=O) groups is 1. The van der Waals surface area contributed by atoms with Gasteiger partial charge in [-0.1, -0.05) is 43.0 Å². The third-order valence-electron chi connectivity index (χ3n) is 3.77. The number of rotatable bonds is 3. The SMILES string of the molecule is CCCC#Cc1cccc(C(=O)O)c1-c1cnc2ccccc2c1. The highest BCUT2D eigenvalue weighted by atomic mass is 16.4. The first kappa shape index (κ1) is 15.8. The predicted molar refractivity (Wildman–Crippen MR) is 95.9 cm³/mol. The highest BCUT2D eigenvalue weighted by Gasteiger charge is 2.15. The van der Waals surface area contributed by atoms with E-state index in [1.54, 1.807) is 18.3 Å². The van der Waals surface area contributed by atoms with Gasteiger partial charge in [-0.2, -0.15) is 0 Å². The summed E-state index contributed by atoms with van der Waals surface area (Å²) in [5.41, 5.74) is 3.25. The van der Waals surface area contributed by atoms with E-state index >= 15 is 0 Å². The number of carboxylic acid groups (broad SMARTS) is 1. The zero-order valence-corrected chi connectivity index (χ0v) is 13.4. The topological polar surface area (TPSA) is 50.2 Å². The Morgan fingerprint density at radius 2 is 2.00 bits per heavy atom. The summed E-state index contributed by atoms with van der Waals surface area (Å²) >= 11 is 0. The van der Waals surface area contributed by atoms with Crippen LogP contribution in [0.2, 0.25) is 0 Å². The molecule has 0 spiro atoms. The van der Waals surface area contributed by atoms with Crippen molar-refractivity contribution in [2.75, 3.05) is 0 Å². The minimum Gasteiger partial charge on any atom is -0.478 e. The van der Waals surface area contributed by atoms with Gasteiger partial charge in [0.15, 0.2) is 0 Å². The highest BCUT2D eigenvalue weighted by molar-refractivity contribution is 5.99. The van der Waals surface area contributed by atoms with Gasteiger partial charge in [0.1, 0.15) is 0 Å². The van der Waals surface area contributed by atoms with Crippen LogP contribution in [0.5, 0.6) is 0 Å². The molecule has 3 nitrogen and oxygen atoms in total. The largest absolute Gasteiger partial charge is 0.478 e. The van der Waals surface area contributed by atoms with Gasteiger partial charge in [0, 0.05) is 34.7 Å². The zero-order valence-electron chi connectivity index (χ0n) is 13.4. The minimum atomic E-state index is -0.961. The van der Waals surface area contributed by atoms with Gasteiger partial charge in [-0.3, -0.25) is 4.98 Å². The monoisotopic (exact) mass is 315 g/mol. The molecular weight excluding hydrogens is 298 g/mol. The number of pyridine rings is 1. The summed E-state index contributed by atoms with van der Waals surface area (Å²) in [4.78, 5) is 16.1. The Hall–Kier alpha value is -3.12. The third-order valence-corrected chi connectivity index (χ3v) is 3.77. The van der Waals surface area contributed by atoms with E-state index < -0.39 is 5.97 Å². The van der Waals surface area contributed by atoms with Gasteiger partial charge in [-0.05, 0) is 30.7 Å². The van der Waals surface area contributed by atoms with Gasteiger partial charge in [0.2, 0.25) is 0 Å². The zero-order chi connectivity index (χ0) is 16.9. The van der Waals surface area contributed by atoms with Crippen molar-refractivity contribution in [3.8, 4) is 23.0 Å². The van der Waals surface area contributed by atoms with Crippen LogP contribution >= 0.6 is 0 Å². The van der Waals surface area contributed by atoms with Crippen LogP contribution in [-0.4, -0.2) is 16.1 Å². The number of benzene rings is 2. The lowest BCUT2D eigenvalue weighted by Crippen LogP contribution is -2.02. The smallest absolute Gasteiger partial charge is 0.336 e. The summed E-state index contributed by atoms with van der Waals surface area (Å²) in [5, 5.41) is 10.5. The second-order valence-electron chi connectivity index (χ2n) is 5.50. The van der Waals surface area contributed by atoms with Crippen molar-refractivity contribution in [2.24, 2.45) is 0 Å². The van der Waals surface area contributed by atoms with Gasteiger partial charge in [0.05, 0.1) is 11.1 Å². The number of aromatic nitrogens is 1. The molecule has 0 bridgehead atoms. The van der Waals surface area contributed by atoms with Crippen LogP contribution in [-0.2, 0) is 0 Å². The van der Waals surface area contributed by atoms with Gasteiger partial charge in [-0.25, -0.2) is 4.79 Å². The molecule has 0 amide bonds. The molecule has 0 aliphatic carbocycles. The summed E-state index contributed by atoms with van der Waals surface area (Å²) < 4.78 is 0. The van der Waals surface area contributed by atoms with Crippen LogP contribution in [0, 0.1) is 11.8 Å². The molecule has 0 fully saturated rings. The average Bonchev–Trinajstić information content (AvgIpc) is 2.61. The van der Waals surface area contributed by atoms with Gasteiger partial charge in [-0.15, -0.1) is 0 Å². The van der Waals surface area contributed by atoms with Crippen LogP contribution in [0.4, 0.5) is 0 Å². The molecule has 0 atom stereocenters. The van der Waals surface area contributed by atoms with E-state index in [0.29, 0.717) is 5.56 Å². The van der Waals surface area contributed by atoms with E-state index in [2.05, 4.69) is 23.7 Å². The lowest BCUT2D eigenvalue weighted by atomic mass is 9.94. The second kappa shape index (κ2) is 6.97. The summed E-state index contributed by atoms with van der Waals surface area (Å²) in [5.74, 6) is 5.26. The van der Waals surface area contributed by atoms with Crippen LogP contribution in [0.1, 0.15) is 35.7 Å². The first-order chi connectivity index (χ1) is 11.7. The molecule has 0 saturated heterocycles. The number of para-hydroxylation sites is 1. The number of hydrogen-bond acceptors (Lipinski definition) is 2. The van der Waals surface area contributed by atoms with Crippen molar-refractivity contribution in [1.29, 1.82) is 0 Å². The normalized spacial score (nSPS) is 10.2. The molecule has 0 aliphatic rings. The van der Waals surface area contributed by atoms with Crippen LogP contribution in [0.25, 0.3) is 22.0 Å². The van der Waals surface area contributed by atoms with Crippen LogP contribution < -0.4 is 0 Å². The Kier molecular flexibility index (Phi) is 4.58. The molecular formula is C21H17NO2. The number of nitrogens with zero attached hydrogens (tertiary/aromatic N) is 1. The summed E-state index contributed by atoms with van der Waals surface area (Å²) in [6.07, 6.45) is 3.47. The molecule has 2 aromatic carbocycles. The number of aromatic carboxylic acids is 1. The molecule has 118 valence electrons. The number of carboxylic acids is 1. The van der Waals surface area contributed by atoms with E-state index in [1.807, 2.05) is 36.4 Å². The molecule has 0 saturated carbocycles. The molecule has 3 heteroatoms. The molecule has 24 heavy (non-hydrogen) atoms. The first-order valence-corrected chi connectivity index (χ1v) is 7.91.